The van der Waals surface area contributed by atoms with Gasteiger partial charge in [0.2, 0.25) is 0 Å². The van der Waals surface area contributed by atoms with Crippen molar-refractivity contribution in [3.8, 4) is 11.5 Å². The lowest BCUT2D eigenvalue weighted by molar-refractivity contribution is -0.150. The molecule has 0 radical (unpaired) electrons. The Bertz CT molecular complexity index is 957. The van der Waals surface area contributed by atoms with Crippen LogP contribution in [0.15, 0.2) is 23.3 Å². The highest BCUT2D eigenvalue weighted by atomic mass is 16.5. The summed E-state index contributed by atoms with van der Waals surface area (Å²) in [7, 11) is 0. The number of phenols is 1. The first-order chi connectivity index (χ1) is 14.8. The average molecular weight is 443 g/mol. The molecule has 1 aromatic rings. The van der Waals surface area contributed by atoms with Crippen LogP contribution in [0, 0.1) is 12.3 Å². The van der Waals surface area contributed by atoms with E-state index < -0.39 is 17.3 Å². The van der Waals surface area contributed by atoms with Crippen molar-refractivity contribution in [3.63, 3.8) is 0 Å². The van der Waals surface area contributed by atoms with Gasteiger partial charge in [0.05, 0.1) is 17.8 Å². The second-order valence-electron chi connectivity index (χ2n) is 11.6. The summed E-state index contributed by atoms with van der Waals surface area (Å²) >= 11 is 0. The van der Waals surface area contributed by atoms with Crippen LogP contribution in [0.2, 0.25) is 0 Å². The third-order valence-electron chi connectivity index (χ3n) is 7.77. The second kappa shape index (κ2) is 7.88. The summed E-state index contributed by atoms with van der Waals surface area (Å²) in [6, 6.07) is 3.52. The van der Waals surface area contributed by atoms with E-state index in [9.17, 15) is 15.0 Å². The SMILES string of the molecule is Cc1cc(O)cc2c1O[C@](C)(CC1=C3C[C@H](O)C(C)(C)OC1C(C)(C)CCCC3=O)CC2. The minimum Gasteiger partial charge on any atom is -0.508 e. The number of benzene rings is 1. The Kier molecular flexibility index (Phi) is 5.74. The van der Waals surface area contributed by atoms with Crippen molar-refractivity contribution in [1.29, 1.82) is 0 Å². The van der Waals surface area contributed by atoms with Crippen LogP contribution in [0.4, 0.5) is 0 Å². The summed E-state index contributed by atoms with van der Waals surface area (Å²) in [5.41, 5.74) is 2.30. The Labute approximate surface area is 191 Å². The quantitative estimate of drug-likeness (QED) is 0.660. The van der Waals surface area contributed by atoms with E-state index in [4.69, 9.17) is 9.47 Å². The number of fused-ring (bicyclic) bond motifs is 2. The molecule has 0 amide bonds. The van der Waals surface area contributed by atoms with Gasteiger partial charge in [-0.1, -0.05) is 13.8 Å². The monoisotopic (exact) mass is 442 g/mol. The van der Waals surface area contributed by atoms with Gasteiger partial charge in [-0.3, -0.25) is 4.79 Å². The summed E-state index contributed by atoms with van der Waals surface area (Å²) in [6.45, 7) is 12.3. The molecule has 1 aliphatic carbocycles. The Balaban J connectivity index is 1.77. The molecule has 0 aromatic heterocycles. The molecule has 2 N–H and O–H groups in total. The molecule has 4 rings (SSSR count). The first-order valence-electron chi connectivity index (χ1n) is 11.9. The van der Waals surface area contributed by atoms with E-state index in [-0.39, 0.29) is 23.1 Å². The third kappa shape index (κ3) is 4.22. The minimum absolute atomic E-state index is 0.141. The topological polar surface area (TPSA) is 76.0 Å². The maximum atomic E-state index is 13.3. The fraction of sp³-hybridized carbons (Fsp3) is 0.667. The molecule has 32 heavy (non-hydrogen) atoms. The van der Waals surface area contributed by atoms with Crippen molar-refractivity contribution in [3.05, 3.63) is 34.4 Å². The zero-order valence-electron chi connectivity index (χ0n) is 20.4. The molecule has 3 atom stereocenters. The number of Topliss-reactive ketones (excluding diaryl/α,β-unsaturated/α-hetero) is 1. The number of hydrogen-bond acceptors (Lipinski definition) is 5. The van der Waals surface area contributed by atoms with Crippen molar-refractivity contribution in [1.82, 2.24) is 0 Å². The molecule has 176 valence electrons. The predicted octanol–water partition coefficient (Wildman–Crippen LogP) is 5.18. The maximum absolute atomic E-state index is 13.3. The lowest BCUT2D eigenvalue weighted by Crippen LogP contribution is -2.46. The number of ether oxygens (including phenoxy) is 2. The Hall–Kier alpha value is -1.85. The van der Waals surface area contributed by atoms with Crippen LogP contribution < -0.4 is 4.74 Å². The number of aliphatic hydroxyl groups is 1. The van der Waals surface area contributed by atoms with Gasteiger partial charge in [0.1, 0.15) is 17.1 Å². The molecule has 0 fully saturated rings. The van der Waals surface area contributed by atoms with Gasteiger partial charge >= 0.3 is 0 Å². The molecule has 3 aliphatic rings. The number of aromatic hydroxyl groups is 1. The zero-order valence-corrected chi connectivity index (χ0v) is 20.4. The van der Waals surface area contributed by atoms with Crippen molar-refractivity contribution < 1.29 is 24.5 Å². The standard InChI is InChI=1S/C27H38O5/c1-16-12-18(28)13-17-9-11-27(6,31-23(16)17)15-20-19-14-22(30)26(4,5)32-24(20)25(2,3)10-7-8-21(19)29/h12-13,22,24,28,30H,7-11,14-15H2,1-6H3/t22-,24?,27-/m0/s1. The van der Waals surface area contributed by atoms with Crippen LogP contribution in [0.25, 0.3) is 0 Å². The average Bonchev–Trinajstić information content (AvgIpc) is 2.78. The Morgan fingerprint density at radius 1 is 1.09 bits per heavy atom. The molecule has 2 heterocycles. The number of aliphatic hydroxyl groups excluding tert-OH is 1. The van der Waals surface area contributed by atoms with E-state index >= 15 is 0 Å². The van der Waals surface area contributed by atoms with E-state index in [1.165, 1.54) is 0 Å². The van der Waals surface area contributed by atoms with Crippen LogP contribution >= 0.6 is 0 Å². The molecule has 2 bridgehead atoms. The van der Waals surface area contributed by atoms with Gasteiger partial charge in [0, 0.05) is 19.3 Å². The molecule has 1 aromatic carbocycles. The fourth-order valence-corrected chi connectivity index (χ4v) is 5.67. The lowest BCUT2D eigenvalue weighted by atomic mass is 9.71. The van der Waals surface area contributed by atoms with Crippen LogP contribution in [0.1, 0.15) is 84.3 Å². The molecular weight excluding hydrogens is 404 g/mol. The molecule has 1 unspecified atom stereocenters. The molecule has 0 saturated heterocycles. The highest BCUT2D eigenvalue weighted by Gasteiger charge is 2.48. The molecule has 0 spiro atoms. The van der Waals surface area contributed by atoms with E-state index in [1.54, 1.807) is 12.1 Å². The van der Waals surface area contributed by atoms with Gasteiger partial charge < -0.3 is 19.7 Å². The van der Waals surface area contributed by atoms with Crippen molar-refractivity contribution >= 4 is 5.78 Å². The number of carbonyl (C=O) groups excluding carboxylic acids is 1. The first-order valence-corrected chi connectivity index (χ1v) is 11.9. The highest BCUT2D eigenvalue weighted by Crippen LogP contribution is 2.48. The summed E-state index contributed by atoms with van der Waals surface area (Å²) in [6.07, 6.45) is 3.76. The van der Waals surface area contributed by atoms with Gasteiger partial charge in [-0.15, -0.1) is 0 Å². The highest BCUT2D eigenvalue weighted by molar-refractivity contribution is 5.96. The van der Waals surface area contributed by atoms with Gasteiger partial charge in [-0.2, -0.15) is 0 Å². The number of carbonyl (C=O) groups is 1. The smallest absolute Gasteiger partial charge is 0.159 e. The molecular formula is C27H38O5. The Morgan fingerprint density at radius 2 is 1.81 bits per heavy atom. The number of ketones is 1. The van der Waals surface area contributed by atoms with Crippen LogP contribution in [0.3, 0.4) is 0 Å². The van der Waals surface area contributed by atoms with E-state index in [2.05, 4.69) is 20.8 Å². The van der Waals surface area contributed by atoms with E-state index in [1.807, 2.05) is 20.8 Å². The normalized spacial score (nSPS) is 31.8. The zero-order chi connectivity index (χ0) is 23.5. The second-order valence-corrected chi connectivity index (χ2v) is 11.6. The van der Waals surface area contributed by atoms with Crippen LogP contribution in [-0.2, 0) is 16.0 Å². The van der Waals surface area contributed by atoms with Crippen LogP contribution in [0.5, 0.6) is 11.5 Å². The third-order valence-corrected chi connectivity index (χ3v) is 7.77. The van der Waals surface area contributed by atoms with Gasteiger partial charge in [0.15, 0.2) is 5.78 Å². The first kappa shape index (κ1) is 23.3. The van der Waals surface area contributed by atoms with Crippen molar-refractivity contribution in [2.24, 2.45) is 5.41 Å². The fourth-order valence-electron chi connectivity index (χ4n) is 5.67. The molecule has 5 nitrogen and oxygen atoms in total. The van der Waals surface area contributed by atoms with Gasteiger partial charge in [-0.25, -0.2) is 0 Å². The lowest BCUT2D eigenvalue weighted by Gasteiger charge is -2.44. The maximum Gasteiger partial charge on any atom is 0.159 e. The molecule has 0 saturated carbocycles. The minimum atomic E-state index is -0.741. The largest absolute Gasteiger partial charge is 0.508 e. The molecule has 2 aliphatic heterocycles. The summed E-state index contributed by atoms with van der Waals surface area (Å²) in [5, 5.41) is 20.9. The van der Waals surface area contributed by atoms with E-state index in [0.717, 1.165) is 53.7 Å². The van der Waals surface area contributed by atoms with Gasteiger partial charge in [0.25, 0.3) is 0 Å². The number of aryl methyl sites for hydroxylation is 2. The summed E-state index contributed by atoms with van der Waals surface area (Å²) in [5.74, 6) is 1.24. The Morgan fingerprint density at radius 3 is 2.53 bits per heavy atom. The van der Waals surface area contributed by atoms with Crippen molar-refractivity contribution in [2.45, 2.75) is 110 Å². The summed E-state index contributed by atoms with van der Waals surface area (Å²) in [4.78, 5) is 13.3. The van der Waals surface area contributed by atoms with Gasteiger partial charge in [-0.05, 0) is 93.2 Å². The number of phenolic OH excluding ortho intramolecular Hbond substituents is 1. The molecule has 5 heteroatoms. The predicted molar refractivity (Wildman–Crippen MR) is 124 cm³/mol. The number of rotatable bonds is 2. The van der Waals surface area contributed by atoms with Crippen molar-refractivity contribution in [2.75, 3.05) is 0 Å². The van der Waals surface area contributed by atoms with E-state index in [0.29, 0.717) is 19.3 Å². The number of hydrogen-bond donors (Lipinski definition) is 2. The van der Waals surface area contributed by atoms with Crippen LogP contribution in [-0.4, -0.2) is 39.4 Å². The summed E-state index contributed by atoms with van der Waals surface area (Å²) < 4.78 is 13.2.